The van der Waals surface area contributed by atoms with Crippen molar-refractivity contribution in [2.45, 2.75) is 17.7 Å². The van der Waals surface area contributed by atoms with E-state index >= 15 is 0 Å². The van der Waals surface area contributed by atoms with Crippen LogP contribution in [0.2, 0.25) is 0 Å². The number of hydrogen-bond donors (Lipinski definition) is 2. The minimum absolute atomic E-state index is 0.125. The average Bonchev–Trinajstić information content (AvgIpc) is 3.43. The molecular formula is C25H22N4O4S. The summed E-state index contributed by atoms with van der Waals surface area (Å²) in [4.78, 5) is 25.5. The Labute approximate surface area is 197 Å². The van der Waals surface area contributed by atoms with Crippen molar-refractivity contribution in [2.24, 2.45) is 0 Å². The van der Waals surface area contributed by atoms with Crippen LogP contribution in [0.3, 0.4) is 0 Å². The van der Waals surface area contributed by atoms with Crippen molar-refractivity contribution in [1.29, 1.82) is 5.26 Å². The second-order valence-electron chi connectivity index (χ2n) is 7.75. The molecule has 172 valence electrons. The van der Waals surface area contributed by atoms with Gasteiger partial charge in [-0.2, -0.15) is 9.57 Å². The molecule has 0 spiro atoms. The number of nitrogens with zero attached hydrogens (tertiary/aromatic N) is 2. The SMILES string of the molecule is N#Cc1ccccc1-c1ccccc1C(=O)NNC(=O)c1ccc(S(=O)(=O)N2CCCC2)cc1. The lowest BCUT2D eigenvalue weighted by Crippen LogP contribution is -2.41. The predicted octanol–water partition coefficient (Wildman–Crippen LogP) is 3.08. The lowest BCUT2D eigenvalue weighted by Gasteiger charge is -2.15. The summed E-state index contributed by atoms with van der Waals surface area (Å²) in [6.45, 7) is 0.994. The topological polar surface area (TPSA) is 119 Å². The van der Waals surface area contributed by atoms with Crippen molar-refractivity contribution in [1.82, 2.24) is 15.2 Å². The van der Waals surface area contributed by atoms with Gasteiger partial charge in [0.15, 0.2) is 0 Å². The maximum Gasteiger partial charge on any atom is 0.270 e. The molecule has 4 rings (SSSR count). The van der Waals surface area contributed by atoms with E-state index in [-0.39, 0.29) is 16.0 Å². The standard InChI is InChI=1S/C25H22N4O4S/c26-17-19-7-1-2-8-21(19)22-9-3-4-10-23(22)25(31)28-27-24(30)18-11-13-20(14-12-18)34(32,33)29-15-5-6-16-29/h1-4,7-14H,5-6,15-16H2,(H,27,30)(H,28,31). The van der Waals surface area contributed by atoms with Crippen LogP contribution in [0.15, 0.2) is 77.7 Å². The third-order valence-corrected chi connectivity index (χ3v) is 7.53. The monoisotopic (exact) mass is 474 g/mol. The van der Waals surface area contributed by atoms with Crippen LogP contribution in [0, 0.1) is 11.3 Å². The molecule has 0 radical (unpaired) electrons. The maximum absolute atomic E-state index is 12.8. The van der Waals surface area contributed by atoms with Crippen molar-refractivity contribution in [2.75, 3.05) is 13.1 Å². The van der Waals surface area contributed by atoms with E-state index < -0.39 is 21.8 Å². The Balaban J connectivity index is 1.46. The number of amides is 2. The Hall–Kier alpha value is -4.00. The highest BCUT2D eigenvalue weighted by molar-refractivity contribution is 7.89. The zero-order valence-electron chi connectivity index (χ0n) is 18.2. The van der Waals surface area contributed by atoms with E-state index in [0.29, 0.717) is 29.8 Å². The molecule has 34 heavy (non-hydrogen) atoms. The molecular weight excluding hydrogens is 452 g/mol. The minimum atomic E-state index is -3.57. The first kappa shape index (κ1) is 23.2. The van der Waals surface area contributed by atoms with Gasteiger partial charge in [0.2, 0.25) is 10.0 Å². The van der Waals surface area contributed by atoms with Gasteiger partial charge < -0.3 is 0 Å². The Bertz CT molecular complexity index is 1370. The van der Waals surface area contributed by atoms with Gasteiger partial charge in [0.25, 0.3) is 11.8 Å². The van der Waals surface area contributed by atoms with Crippen LogP contribution in [0.4, 0.5) is 0 Å². The summed E-state index contributed by atoms with van der Waals surface area (Å²) in [6, 6.07) is 21.4. The van der Waals surface area contributed by atoms with Gasteiger partial charge in [0.05, 0.1) is 16.5 Å². The Morgan fingerprint density at radius 3 is 2.06 bits per heavy atom. The highest BCUT2D eigenvalue weighted by atomic mass is 32.2. The van der Waals surface area contributed by atoms with E-state index in [2.05, 4.69) is 16.9 Å². The van der Waals surface area contributed by atoms with Gasteiger partial charge in [-0.3, -0.25) is 20.4 Å². The molecule has 0 atom stereocenters. The summed E-state index contributed by atoms with van der Waals surface area (Å²) >= 11 is 0. The number of sulfonamides is 1. The summed E-state index contributed by atoms with van der Waals surface area (Å²) in [7, 11) is -3.57. The summed E-state index contributed by atoms with van der Waals surface area (Å²) in [5, 5.41) is 9.39. The largest absolute Gasteiger partial charge is 0.270 e. The molecule has 0 saturated carbocycles. The molecule has 1 fully saturated rings. The molecule has 0 bridgehead atoms. The van der Waals surface area contributed by atoms with E-state index in [1.54, 1.807) is 48.5 Å². The Morgan fingerprint density at radius 2 is 1.38 bits per heavy atom. The van der Waals surface area contributed by atoms with Gasteiger partial charge >= 0.3 is 0 Å². The van der Waals surface area contributed by atoms with Crippen molar-refractivity contribution in [3.63, 3.8) is 0 Å². The molecule has 0 aliphatic carbocycles. The van der Waals surface area contributed by atoms with Crippen LogP contribution in [-0.4, -0.2) is 37.6 Å². The number of benzene rings is 3. The highest BCUT2D eigenvalue weighted by Gasteiger charge is 2.27. The smallest absolute Gasteiger partial charge is 0.267 e. The quantitative estimate of drug-likeness (QED) is 0.551. The number of hydrazine groups is 1. The highest BCUT2D eigenvalue weighted by Crippen LogP contribution is 2.27. The van der Waals surface area contributed by atoms with E-state index in [1.165, 1.54) is 28.6 Å². The number of nitrogens with one attached hydrogen (secondary N) is 2. The fourth-order valence-electron chi connectivity index (χ4n) is 3.84. The van der Waals surface area contributed by atoms with Gasteiger partial charge in [-0.25, -0.2) is 8.42 Å². The first-order valence-corrected chi connectivity index (χ1v) is 12.2. The molecule has 1 aliphatic heterocycles. The van der Waals surface area contributed by atoms with Crippen LogP contribution in [-0.2, 0) is 10.0 Å². The van der Waals surface area contributed by atoms with E-state index in [0.717, 1.165) is 12.8 Å². The Kier molecular flexibility index (Phi) is 6.72. The van der Waals surface area contributed by atoms with E-state index in [4.69, 9.17) is 0 Å². The number of hydrogen-bond acceptors (Lipinski definition) is 5. The van der Waals surface area contributed by atoms with Gasteiger partial charge in [-0.15, -0.1) is 0 Å². The molecule has 3 aromatic rings. The fraction of sp³-hybridized carbons (Fsp3) is 0.160. The zero-order valence-corrected chi connectivity index (χ0v) is 19.0. The molecule has 1 saturated heterocycles. The van der Waals surface area contributed by atoms with Crippen LogP contribution in [0.1, 0.15) is 39.1 Å². The third-order valence-electron chi connectivity index (χ3n) is 5.62. The molecule has 0 unspecified atom stereocenters. The van der Waals surface area contributed by atoms with Crippen LogP contribution >= 0.6 is 0 Å². The van der Waals surface area contributed by atoms with Gasteiger partial charge in [0, 0.05) is 29.8 Å². The van der Waals surface area contributed by atoms with Crippen molar-refractivity contribution in [3.05, 3.63) is 89.5 Å². The molecule has 1 aliphatic rings. The summed E-state index contributed by atoms with van der Waals surface area (Å²) in [5.41, 5.74) is 6.82. The molecule has 2 N–H and O–H groups in total. The average molecular weight is 475 g/mol. The number of carbonyl (C=O) groups excluding carboxylic acids is 2. The second-order valence-corrected chi connectivity index (χ2v) is 9.68. The van der Waals surface area contributed by atoms with Crippen molar-refractivity contribution < 1.29 is 18.0 Å². The molecule has 9 heteroatoms. The number of carbonyl (C=O) groups is 2. The van der Waals surface area contributed by atoms with E-state index in [1.807, 2.05) is 0 Å². The first-order valence-electron chi connectivity index (χ1n) is 10.7. The molecule has 8 nitrogen and oxygen atoms in total. The van der Waals surface area contributed by atoms with Crippen LogP contribution in [0.5, 0.6) is 0 Å². The molecule has 1 heterocycles. The van der Waals surface area contributed by atoms with Crippen molar-refractivity contribution in [3.8, 4) is 17.2 Å². The molecule has 0 aromatic heterocycles. The third kappa shape index (κ3) is 4.69. The van der Waals surface area contributed by atoms with E-state index in [9.17, 15) is 23.3 Å². The summed E-state index contributed by atoms with van der Waals surface area (Å²) < 4.78 is 26.7. The summed E-state index contributed by atoms with van der Waals surface area (Å²) in [6.07, 6.45) is 1.68. The maximum atomic E-state index is 12.8. The number of rotatable bonds is 5. The second kappa shape index (κ2) is 9.87. The van der Waals surface area contributed by atoms with Crippen LogP contribution in [0.25, 0.3) is 11.1 Å². The minimum Gasteiger partial charge on any atom is -0.267 e. The molecule has 2 amide bonds. The fourth-order valence-corrected chi connectivity index (χ4v) is 5.36. The Morgan fingerprint density at radius 1 is 0.794 bits per heavy atom. The first-order chi connectivity index (χ1) is 16.4. The van der Waals surface area contributed by atoms with Crippen molar-refractivity contribution >= 4 is 21.8 Å². The zero-order chi connectivity index (χ0) is 24.1. The van der Waals surface area contributed by atoms with Gasteiger partial charge in [0.1, 0.15) is 0 Å². The summed E-state index contributed by atoms with van der Waals surface area (Å²) in [5.74, 6) is -1.14. The lowest BCUT2D eigenvalue weighted by molar-refractivity contribution is 0.0847. The van der Waals surface area contributed by atoms with Gasteiger partial charge in [-0.1, -0.05) is 36.4 Å². The molecule has 3 aromatic carbocycles. The lowest BCUT2D eigenvalue weighted by atomic mass is 9.95. The van der Waals surface area contributed by atoms with Gasteiger partial charge in [-0.05, 0) is 54.8 Å². The number of nitriles is 1. The van der Waals surface area contributed by atoms with Crippen LogP contribution < -0.4 is 10.9 Å². The normalized spacial score (nSPS) is 13.7. The predicted molar refractivity (Wildman–Crippen MR) is 126 cm³/mol.